The number of amides is 1. The average molecular weight is 341 g/mol. The van der Waals surface area contributed by atoms with Gasteiger partial charge in [0, 0.05) is 5.69 Å². The number of ether oxygens (including phenoxy) is 1. The number of carbonyl (C=O) groups excluding carboxylic acids is 1. The molecule has 24 heavy (non-hydrogen) atoms. The molecule has 0 saturated heterocycles. The minimum absolute atomic E-state index is 0.0447. The highest BCUT2D eigenvalue weighted by Gasteiger charge is 2.31. The maximum Gasteiger partial charge on any atom is 0.416 e. The van der Waals surface area contributed by atoms with Crippen molar-refractivity contribution in [3.63, 3.8) is 0 Å². The van der Waals surface area contributed by atoms with Crippen molar-refractivity contribution in [3.8, 4) is 5.75 Å². The van der Waals surface area contributed by atoms with Crippen LogP contribution in [0.5, 0.6) is 5.75 Å². The predicted molar refractivity (Wildman–Crippen MR) is 83.1 cm³/mol. The van der Waals surface area contributed by atoms with Crippen LogP contribution in [0.15, 0.2) is 24.3 Å². The van der Waals surface area contributed by atoms with Crippen LogP contribution in [0, 0.1) is 0 Å². The van der Waals surface area contributed by atoms with Gasteiger partial charge >= 0.3 is 6.18 Å². The van der Waals surface area contributed by atoms with Crippen LogP contribution in [0.2, 0.25) is 0 Å². The van der Waals surface area contributed by atoms with Crippen LogP contribution in [0.1, 0.15) is 42.0 Å². The van der Waals surface area contributed by atoms with Crippen LogP contribution < -0.4 is 10.1 Å². The Morgan fingerprint density at radius 2 is 2.04 bits per heavy atom. The van der Waals surface area contributed by atoms with Gasteiger partial charge in [0.2, 0.25) is 0 Å². The molecular formula is C16H18F3N3O2. The van der Waals surface area contributed by atoms with E-state index in [2.05, 4.69) is 15.5 Å². The van der Waals surface area contributed by atoms with E-state index in [9.17, 15) is 18.0 Å². The number of nitrogens with zero attached hydrogens (tertiary/aromatic N) is 1. The highest BCUT2D eigenvalue weighted by molar-refractivity contribution is 6.03. The van der Waals surface area contributed by atoms with Crippen molar-refractivity contribution in [2.75, 3.05) is 11.9 Å². The Morgan fingerprint density at radius 1 is 1.29 bits per heavy atom. The third-order valence-electron chi connectivity index (χ3n) is 3.24. The number of benzene rings is 1. The topological polar surface area (TPSA) is 67.0 Å². The molecule has 2 rings (SSSR count). The van der Waals surface area contributed by atoms with Gasteiger partial charge in [0.25, 0.3) is 5.91 Å². The maximum atomic E-state index is 12.9. The van der Waals surface area contributed by atoms with Crippen LogP contribution in [0.25, 0.3) is 0 Å². The zero-order chi connectivity index (χ0) is 17.7. The number of H-pyrrole nitrogens is 1. The van der Waals surface area contributed by atoms with E-state index >= 15 is 0 Å². The number of aryl methyl sites for hydroxylation is 1. The third-order valence-corrected chi connectivity index (χ3v) is 3.24. The van der Waals surface area contributed by atoms with E-state index in [0.29, 0.717) is 0 Å². The second kappa shape index (κ2) is 7.37. The molecule has 0 radical (unpaired) electrons. The Labute approximate surface area is 137 Å². The summed E-state index contributed by atoms with van der Waals surface area (Å²) in [7, 11) is 0. The highest BCUT2D eigenvalue weighted by Crippen LogP contribution is 2.35. The number of rotatable bonds is 6. The largest absolute Gasteiger partial charge is 0.492 e. The van der Waals surface area contributed by atoms with E-state index in [4.69, 9.17) is 4.74 Å². The standard InChI is InChI=1S/C16H18F3N3O2/c1-3-5-11-9-13(22-21-11)15(23)20-12-8-10(16(17,18)19)6-7-14(12)24-4-2/h6-9H,3-5H2,1-2H3,(H,20,23)(H,21,22). The minimum Gasteiger partial charge on any atom is -0.492 e. The van der Waals surface area contributed by atoms with Gasteiger partial charge in [0.1, 0.15) is 5.75 Å². The first-order chi connectivity index (χ1) is 11.3. The molecule has 0 saturated carbocycles. The monoisotopic (exact) mass is 341 g/mol. The lowest BCUT2D eigenvalue weighted by Crippen LogP contribution is -2.15. The van der Waals surface area contributed by atoms with Crippen molar-refractivity contribution in [2.45, 2.75) is 32.9 Å². The number of aromatic amines is 1. The zero-order valence-electron chi connectivity index (χ0n) is 13.3. The number of hydrogen-bond donors (Lipinski definition) is 2. The molecule has 0 fully saturated rings. The Hall–Kier alpha value is -2.51. The molecule has 1 amide bonds. The van der Waals surface area contributed by atoms with Gasteiger partial charge in [-0.1, -0.05) is 13.3 Å². The predicted octanol–water partition coefficient (Wildman–Crippen LogP) is 4.03. The fraction of sp³-hybridized carbons (Fsp3) is 0.375. The molecule has 0 aliphatic carbocycles. The molecule has 130 valence electrons. The van der Waals surface area contributed by atoms with Crippen molar-refractivity contribution in [2.24, 2.45) is 0 Å². The van der Waals surface area contributed by atoms with Gasteiger partial charge in [-0.05, 0) is 37.6 Å². The van der Waals surface area contributed by atoms with Crippen LogP contribution in [0.3, 0.4) is 0 Å². The molecule has 0 spiro atoms. The van der Waals surface area contributed by atoms with Gasteiger partial charge in [-0.3, -0.25) is 9.89 Å². The first kappa shape index (κ1) is 17.8. The molecule has 1 aromatic carbocycles. The van der Waals surface area contributed by atoms with E-state index in [1.165, 1.54) is 6.07 Å². The average Bonchev–Trinajstić information content (AvgIpc) is 2.97. The van der Waals surface area contributed by atoms with Gasteiger partial charge in [0.15, 0.2) is 5.69 Å². The summed E-state index contributed by atoms with van der Waals surface area (Å²) in [6.07, 6.45) is -2.90. The van der Waals surface area contributed by atoms with Crippen molar-refractivity contribution >= 4 is 11.6 Å². The lowest BCUT2D eigenvalue weighted by molar-refractivity contribution is -0.137. The minimum atomic E-state index is -4.51. The second-order valence-electron chi connectivity index (χ2n) is 5.12. The molecular weight excluding hydrogens is 323 g/mol. The molecule has 0 unspecified atom stereocenters. The molecule has 5 nitrogen and oxygen atoms in total. The summed E-state index contributed by atoms with van der Waals surface area (Å²) in [6, 6.07) is 4.53. The Morgan fingerprint density at radius 3 is 2.67 bits per heavy atom. The number of alkyl halides is 3. The summed E-state index contributed by atoms with van der Waals surface area (Å²) >= 11 is 0. The highest BCUT2D eigenvalue weighted by atomic mass is 19.4. The van der Waals surface area contributed by atoms with Crippen LogP contribution in [-0.4, -0.2) is 22.7 Å². The van der Waals surface area contributed by atoms with E-state index < -0.39 is 17.6 Å². The molecule has 0 aliphatic rings. The van der Waals surface area contributed by atoms with Crippen LogP contribution in [-0.2, 0) is 12.6 Å². The normalized spacial score (nSPS) is 11.4. The lowest BCUT2D eigenvalue weighted by atomic mass is 10.1. The van der Waals surface area contributed by atoms with Crippen molar-refractivity contribution in [3.05, 3.63) is 41.2 Å². The summed E-state index contributed by atoms with van der Waals surface area (Å²) in [5.41, 5.74) is -0.0123. The van der Waals surface area contributed by atoms with E-state index in [1.807, 2.05) is 6.92 Å². The summed E-state index contributed by atoms with van der Waals surface area (Å²) in [6.45, 7) is 3.95. The maximum absolute atomic E-state index is 12.9. The Bertz CT molecular complexity index is 711. The zero-order valence-corrected chi connectivity index (χ0v) is 13.3. The van der Waals surface area contributed by atoms with E-state index in [0.717, 1.165) is 30.7 Å². The number of nitrogens with one attached hydrogen (secondary N) is 2. The van der Waals surface area contributed by atoms with Gasteiger partial charge in [-0.15, -0.1) is 0 Å². The third kappa shape index (κ3) is 4.27. The van der Waals surface area contributed by atoms with Crippen LogP contribution >= 0.6 is 0 Å². The molecule has 2 aromatic rings. The van der Waals surface area contributed by atoms with Crippen molar-refractivity contribution < 1.29 is 22.7 Å². The first-order valence-corrected chi connectivity index (χ1v) is 7.54. The Kier molecular flexibility index (Phi) is 5.48. The summed E-state index contributed by atoms with van der Waals surface area (Å²) < 4.78 is 43.9. The molecule has 0 aliphatic heterocycles. The fourth-order valence-corrected chi connectivity index (χ4v) is 2.15. The van der Waals surface area contributed by atoms with Crippen LogP contribution in [0.4, 0.5) is 18.9 Å². The number of carbonyl (C=O) groups is 1. The molecule has 0 atom stereocenters. The Balaban J connectivity index is 2.26. The van der Waals surface area contributed by atoms with E-state index in [-0.39, 0.29) is 23.7 Å². The summed E-state index contributed by atoms with van der Waals surface area (Å²) in [5.74, 6) is -0.433. The molecule has 2 N–H and O–H groups in total. The smallest absolute Gasteiger partial charge is 0.416 e. The van der Waals surface area contributed by atoms with Gasteiger partial charge < -0.3 is 10.1 Å². The van der Waals surface area contributed by atoms with Gasteiger partial charge in [-0.25, -0.2) is 0 Å². The van der Waals surface area contributed by atoms with Crippen molar-refractivity contribution in [1.82, 2.24) is 10.2 Å². The molecule has 1 heterocycles. The number of anilines is 1. The van der Waals surface area contributed by atoms with E-state index in [1.54, 1.807) is 13.0 Å². The SMILES string of the molecule is CCCc1cc(C(=O)Nc2cc(C(F)(F)F)ccc2OCC)n[nH]1. The number of aromatic nitrogens is 2. The summed E-state index contributed by atoms with van der Waals surface area (Å²) in [4.78, 5) is 12.2. The quantitative estimate of drug-likeness (QED) is 0.833. The lowest BCUT2D eigenvalue weighted by Gasteiger charge is -2.14. The number of halogens is 3. The molecule has 8 heteroatoms. The molecule has 1 aromatic heterocycles. The summed E-state index contributed by atoms with van der Waals surface area (Å²) in [5, 5.41) is 9.04. The first-order valence-electron chi connectivity index (χ1n) is 7.54. The second-order valence-corrected chi connectivity index (χ2v) is 5.12. The van der Waals surface area contributed by atoms with Gasteiger partial charge in [0.05, 0.1) is 17.9 Å². The van der Waals surface area contributed by atoms with Gasteiger partial charge in [-0.2, -0.15) is 18.3 Å². The fourth-order valence-electron chi connectivity index (χ4n) is 2.15. The molecule has 0 bridgehead atoms. The number of hydrogen-bond acceptors (Lipinski definition) is 3. The van der Waals surface area contributed by atoms with Crippen molar-refractivity contribution in [1.29, 1.82) is 0 Å².